The molecule has 1 amide bonds. The van der Waals surface area contributed by atoms with Gasteiger partial charge in [0.25, 0.3) is 0 Å². The minimum Gasteiger partial charge on any atom is -0.375 e. The standard InChI is InChI=1S/C18H21FN2OS/c1-21(15-8-3-2-4-9-15)13-7-12-20-18(22)14-23-17-11-6-5-10-16(17)19/h2-6,8-11H,7,12-14H2,1H3,(H,20,22). The van der Waals surface area contributed by atoms with Gasteiger partial charge in [0.1, 0.15) is 5.82 Å². The Labute approximate surface area is 140 Å². The highest BCUT2D eigenvalue weighted by molar-refractivity contribution is 8.00. The highest BCUT2D eigenvalue weighted by Gasteiger charge is 2.06. The number of para-hydroxylation sites is 1. The summed E-state index contributed by atoms with van der Waals surface area (Å²) < 4.78 is 13.4. The van der Waals surface area contributed by atoms with Gasteiger partial charge < -0.3 is 10.2 Å². The van der Waals surface area contributed by atoms with Crippen molar-refractivity contribution in [1.29, 1.82) is 0 Å². The normalized spacial score (nSPS) is 10.3. The second kappa shape index (κ2) is 9.20. The minimum atomic E-state index is -0.283. The van der Waals surface area contributed by atoms with Gasteiger partial charge in [0.05, 0.1) is 5.75 Å². The summed E-state index contributed by atoms with van der Waals surface area (Å²) in [6.07, 6.45) is 0.863. The van der Waals surface area contributed by atoms with Crippen LogP contribution in [0.3, 0.4) is 0 Å². The SMILES string of the molecule is CN(CCCNC(=O)CSc1ccccc1F)c1ccccc1. The third kappa shape index (κ3) is 5.94. The summed E-state index contributed by atoms with van der Waals surface area (Å²) in [5.74, 6) is -0.120. The largest absolute Gasteiger partial charge is 0.375 e. The van der Waals surface area contributed by atoms with Crippen molar-refractivity contribution in [2.45, 2.75) is 11.3 Å². The number of halogens is 1. The Morgan fingerprint density at radius 2 is 1.83 bits per heavy atom. The van der Waals surface area contributed by atoms with Crippen LogP contribution in [0.1, 0.15) is 6.42 Å². The van der Waals surface area contributed by atoms with Crippen LogP contribution in [0.5, 0.6) is 0 Å². The molecule has 0 heterocycles. The fourth-order valence-corrected chi connectivity index (χ4v) is 2.88. The maximum atomic E-state index is 13.4. The molecule has 0 aliphatic heterocycles. The van der Waals surface area contributed by atoms with Crippen LogP contribution in [0.4, 0.5) is 10.1 Å². The number of amides is 1. The highest BCUT2D eigenvalue weighted by Crippen LogP contribution is 2.20. The van der Waals surface area contributed by atoms with Gasteiger partial charge in [-0.05, 0) is 30.7 Å². The second-order valence-corrected chi connectivity index (χ2v) is 6.20. The summed E-state index contributed by atoms with van der Waals surface area (Å²) in [5, 5.41) is 2.87. The first-order chi connectivity index (χ1) is 11.2. The number of carbonyl (C=O) groups excluding carboxylic acids is 1. The molecule has 0 saturated carbocycles. The molecule has 0 fully saturated rings. The molecule has 0 spiro atoms. The number of nitrogens with one attached hydrogen (secondary N) is 1. The van der Waals surface area contributed by atoms with Crippen LogP contribution in [0.15, 0.2) is 59.5 Å². The Kier molecular flexibility index (Phi) is 6.94. The van der Waals surface area contributed by atoms with Crippen molar-refractivity contribution in [3.05, 3.63) is 60.4 Å². The lowest BCUT2D eigenvalue weighted by molar-refractivity contribution is -0.118. The molecule has 0 aromatic heterocycles. The summed E-state index contributed by atoms with van der Waals surface area (Å²) in [5.41, 5.74) is 1.16. The van der Waals surface area contributed by atoms with E-state index < -0.39 is 0 Å². The van der Waals surface area contributed by atoms with Crippen molar-refractivity contribution in [2.75, 3.05) is 30.8 Å². The molecule has 0 aliphatic carbocycles. The van der Waals surface area contributed by atoms with Crippen LogP contribution in [0.25, 0.3) is 0 Å². The Hall–Kier alpha value is -2.01. The van der Waals surface area contributed by atoms with Crippen LogP contribution < -0.4 is 10.2 Å². The molecule has 2 aromatic carbocycles. The summed E-state index contributed by atoms with van der Waals surface area (Å²) in [7, 11) is 2.03. The molecule has 1 N–H and O–H groups in total. The van der Waals surface area contributed by atoms with E-state index in [1.807, 2.05) is 25.2 Å². The number of hydrogen-bond acceptors (Lipinski definition) is 3. The molecular formula is C18H21FN2OS. The van der Waals surface area contributed by atoms with Crippen molar-refractivity contribution >= 4 is 23.4 Å². The van der Waals surface area contributed by atoms with E-state index in [4.69, 9.17) is 0 Å². The van der Waals surface area contributed by atoms with Crippen molar-refractivity contribution in [2.24, 2.45) is 0 Å². The van der Waals surface area contributed by atoms with Crippen molar-refractivity contribution in [3.63, 3.8) is 0 Å². The van der Waals surface area contributed by atoms with E-state index >= 15 is 0 Å². The smallest absolute Gasteiger partial charge is 0.230 e. The zero-order valence-electron chi connectivity index (χ0n) is 13.2. The summed E-state index contributed by atoms with van der Waals surface area (Å²) in [6.45, 7) is 1.48. The minimum absolute atomic E-state index is 0.0689. The number of carbonyl (C=O) groups is 1. The van der Waals surface area contributed by atoms with E-state index in [2.05, 4.69) is 22.3 Å². The van der Waals surface area contributed by atoms with Gasteiger partial charge >= 0.3 is 0 Å². The predicted molar refractivity (Wildman–Crippen MR) is 94.5 cm³/mol. The lowest BCUT2D eigenvalue weighted by Gasteiger charge is -2.19. The van der Waals surface area contributed by atoms with Crippen LogP contribution in [0, 0.1) is 5.82 Å². The Balaban J connectivity index is 1.62. The molecule has 0 radical (unpaired) electrons. The third-order valence-corrected chi connectivity index (χ3v) is 4.43. The number of benzene rings is 2. The first-order valence-electron chi connectivity index (χ1n) is 7.57. The van der Waals surface area contributed by atoms with Crippen molar-refractivity contribution < 1.29 is 9.18 Å². The van der Waals surface area contributed by atoms with E-state index in [-0.39, 0.29) is 17.5 Å². The molecule has 23 heavy (non-hydrogen) atoms. The molecular weight excluding hydrogens is 311 g/mol. The van der Waals surface area contributed by atoms with E-state index in [0.29, 0.717) is 11.4 Å². The summed E-state index contributed by atoms with van der Waals surface area (Å²) in [6, 6.07) is 16.6. The van der Waals surface area contributed by atoms with Gasteiger partial charge in [-0.1, -0.05) is 30.3 Å². The maximum Gasteiger partial charge on any atom is 0.230 e. The molecule has 0 aliphatic rings. The highest BCUT2D eigenvalue weighted by atomic mass is 32.2. The average molecular weight is 332 g/mol. The Morgan fingerprint density at radius 3 is 2.57 bits per heavy atom. The third-order valence-electron chi connectivity index (χ3n) is 3.38. The van der Waals surface area contributed by atoms with Gasteiger partial charge in [-0.15, -0.1) is 11.8 Å². The van der Waals surface area contributed by atoms with Gasteiger partial charge in [-0.3, -0.25) is 4.79 Å². The quantitative estimate of drug-likeness (QED) is 0.592. The Bertz CT molecular complexity index is 621. The molecule has 3 nitrogen and oxygen atoms in total. The van der Waals surface area contributed by atoms with Gasteiger partial charge in [-0.25, -0.2) is 4.39 Å². The molecule has 0 unspecified atom stereocenters. The van der Waals surface area contributed by atoms with Crippen LogP contribution in [0.2, 0.25) is 0 Å². The molecule has 2 rings (SSSR count). The number of thioether (sulfide) groups is 1. The van der Waals surface area contributed by atoms with Crippen LogP contribution >= 0.6 is 11.8 Å². The molecule has 2 aromatic rings. The topological polar surface area (TPSA) is 32.3 Å². The fraction of sp³-hybridized carbons (Fsp3) is 0.278. The van der Waals surface area contributed by atoms with Gasteiger partial charge in [0, 0.05) is 30.7 Å². The number of nitrogens with zero attached hydrogens (tertiary/aromatic N) is 1. The maximum absolute atomic E-state index is 13.4. The average Bonchev–Trinajstić information content (AvgIpc) is 2.58. The van der Waals surface area contributed by atoms with E-state index in [1.54, 1.807) is 18.2 Å². The van der Waals surface area contributed by atoms with Crippen molar-refractivity contribution in [3.8, 4) is 0 Å². The second-order valence-electron chi connectivity index (χ2n) is 5.18. The number of hydrogen-bond donors (Lipinski definition) is 1. The van der Waals surface area contributed by atoms with Gasteiger partial charge in [-0.2, -0.15) is 0 Å². The van der Waals surface area contributed by atoms with Gasteiger partial charge in [0.15, 0.2) is 0 Å². The predicted octanol–water partition coefficient (Wildman–Crippen LogP) is 3.56. The molecule has 0 bridgehead atoms. The molecule has 5 heteroatoms. The van der Waals surface area contributed by atoms with E-state index in [1.165, 1.54) is 17.8 Å². The summed E-state index contributed by atoms with van der Waals surface area (Å²) >= 11 is 1.22. The lowest BCUT2D eigenvalue weighted by Crippen LogP contribution is -2.29. The molecule has 0 saturated heterocycles. The lowest BCUT2D eigenvalue weighted by atomic mass is 10.3. The van der Waals surface area contributed by atoms with Crippen LogP contribution in [-0.4, -0.2) is 31.8 Å². The summed E-state index contributed by atoms with van der Waals surface area (Å²) in [4.78, 5) is 14.4. The Morgan fingerprint density at radius 1 is 1.13 bits per heavy atom. The first-order valence-corrected chi connectivity index (χ1v) is 8.55. The zero-order valence-corrected chi connectivity index (χ0v) is 14.0. The van der Waals surface area contributed by atoms with E-state index in [0.717, 1.165) is 18.7 Å². The van der Waals surface area contributed by atoms with Crippen LogP contribution in [-0.2, 0) is 4.79 Å². The van der Waals surface area contributed by atoms with Gasteiger partial charge in [0.2, 0.25) is 5.91 Å². The number of rotatable bonds is 8. The van der Waals surface area contributed by atoms with E-state index in [9.17, 15) is 9.18 Å². The first kappa shape index (κ1) is 17.3. The van der Waals surface area contributed by atoms with Crippen molar-refractivity contribution in [1.82, 2.24) is 5.32 Å². The number of anilines is 1. The molecule has 122 valence electrons. The monoisotopic (exact) mass is 332 g/mol. The fourth-order valence-electron chi connectivity index (χ4n) is 2.11. The zero-order chi connectivity index (χ0) is 16.5. The molecule has 0 atom stereocenters.